The number of rotatable bonds is 6. The van der Waals surface area contributed by atoms with Crippen molar-refractivity contribution < 1.29 is 0 Å². The van der Waals surface area contributed by atoms with Crippen molar-refractivity contribution in [2.24, 2.45) is 0 Å². The molecule has 26 heavy (non-hydrogen) atoms. The standard InChI is InChI=1S/C24H32N2/c1-3-12-23(13-4-1)26(19-9-18-25-16-7-2-8-17-25)24-15-14-21-10-5-6-11-22(21)20-24/h1,3-6,10-13,24H,2,7-9,14-20H2. The second kappa shape index (κ2) is 8.73. The minimum Gasteiger partial charge on any atom is -0.368 e. The highest BCUT2D eigenvalue weighted by Crippen LogP contribution is 2.28. The molecular weight excluding hydrogens is 316 g/mol. The van der Waals surface area contributed by atoms with Crippen molar-refractivity contribution in [2.75, 3.05) is 31.1 Å². The molecule has 0 bridgehead atoms. The third-order valence-electron chi connectivity index (χ3n) is 6.17. The zero-order valence-electron chi connectivity index (χ0n) is 15.9. The molecule has 1 saturated heterocycles. The molecule has 0 aromatic heterocycles. The van der Waals surface area contributed by atoms with Gasteiger partial charge in [-0.05, 0) is 81.4 Å². The summed E-state index contributed by atoms with van der Waals surface area (Å²) in [6.45, 7) is 5.05. The predicted octanol–water partition coefficient (Wildman–Crippen LogP) is 4.93. The Balaban J connectivity index is 1.43. The van der Waals surface area contributed by atoms with E-state index in [-0.39, 0.29) is 0 Å². The van der Waals surface area contributed by atoms with Gasteiger partial charge in [-0.15, -0.1) is 0 Å². The highest BCUT2D eigenvalue weighted by atomic mass is 15.2. The monoisotopic (exact) mass is 348 g/mol. The van der Waals surface area contributed by atoms with E-state index in [4.69, 9.17) is 0 Å². The molecule has 0 spiro atoms. The van der Waals surface area contributed by atoms with E-state index >= 15 is 0 Å². The lowest BCUT2D eigenvalue weighted by Crippen LogP contribution is -2.41. The summed E-state index contributed by atoms with van der Waals surface area (Å²) in [5.74, 6) is 0. The molecule has 1 fully saturated rings. The van der Waals surface area contributed by atoms with Crippen LogP contribution in [-0.4, -0.2) is 37.1 Å². The van der Waals surface area contributed by atoms with Crippen LogP contribution in [0, 0.1) is 0 Å². The zero-order chi connectivity index (χ0) is 17.6. The Morgan fingerprint density at radius 3 is 2.38 bits per heavy atom. The summed E-state index contributed by atoms with van der Waals surface area (Å²) in [5.41, 5.74) is 4.52. The quantitative estimate of drug-likeness (QED) is 0.730. The maximum Gasteiger partial charge on any atom is 0.0368 e. The van der Waals surface area contributed by atoms with Crippen LogP contribution in [0.5, 0.6) is 0 Å². The fourth-order valence-electron chi connectivity index (χ4n) is 4.73. The van der Waals surface area contributed by atoms with Crippen molar-refractivity contribution in [3.8, 4) is 0 Å². The molecule has 1 atom stereocenters. The smallest absolute Gasteiger partial charge is 0.0368 e. The van der Waals surface area contributed by atoms with E-state index in [1.165, 1.54) is 76.8 Å². The molecular formula is C24H32N2. The van der Waals surface area contributed by atoms with Crippen molar-refractivity contribution in [3.05, 3.63) is 65.7 Å². The second-order valence-electron chi connectivity index (χ2n) is 7.95. The summed E-state index contributed by atoms with van der Waals surface area (Å²) in [6.07, 6.45) is 9.16. The zero-order valence-corrected chi connectivity index (χ0v) is 15.9. The molecule has 0 amide bonds. The first-order chi connectivity index (χ1) is 12.9. The van der Waals surface area contributed by atoms with Gasteiger partial charge < -0.3 is 9.80 Å². The number of aryl methyl sites for hydroxylation is 1. The van der Waals surface area contributed by atoms with Gasteiger partial charge in [-0.3, -0.25) is 0 Å². The maximum absolute atomic E-state index is 2.69. The highest BCUT2D eigenvalue weighted by molar-refractivity contribution is 5.48. The van der Waals surface area contributed by atoms with Crippen LogP contribution in [0.1, 0.15) is 43.2 Å². The lowest BCUT2D eigenvalue weighted by molar-refractivity contribution is 0.226. The molecule has 1 heterocycles. The minimum atomic E-state index is 0.633. The number of anilines is 1. The average Bonchev–Trinajstić information content (AvgIpc) is 2.72. The molecule has 2 heteroatoms. The van der Waals surface area contributed by atoms with Crippen molar-refractivity contribution >= 4 is 5.69 Å². The summed E-state index contributed by atoms with van der Waals surface area (Å²) < 4.78 is 0. The van der Waals surface area contributed by atoms with E-state index in [0.717, 1.165) is 0 Å². The van der Waals surface area contributed by atoms with Crippen LogP contribution in [-0.2, 0) is 12.8 Å². The van der Waals surface area contributed by atoms with E-state index in [1.807, 2.05) is 0 Å². The molecule has 0 N–H and O–H groups in total. The van der Waals surface area contributed by atoms with Gasteiger partial charge in [0.1, 0.15) is 0 Å². The first-order valence-electron chi connectivity index (χ1n) is 10.5. The van der Waals surface area contributed by atoms with Crippen LogP contribution < -0.4 is 4.90 Å². The normalized spacial score (nSPS) is 20.5. The summed E-state index contributed by atoms with van der Waals surface area (Å²) in [7, 11) is 0. The third-order valence-corrected chi connectivity index (χ3v) is 6.17. The SMILES string of the molecule is c1ccc(N(CCCN2CCCCC2)C2CCc3ccccc3C2)cc1. The second-order valence-corrected chi connectivity index (χ2v) is 7.95. The summed E-state index contributed by atoms with van der Waals surface area (Å²) in [6, 6.07) is 20.8. The van der Waals surface area contributed by atoms with Crippen LogP contribution >= 0.6 is 0 Å². The Morgan fingerprint density at radius 2 is 1.58 bits per heavy atom. The largest absolute Gasteiger partial charge is 0.368 e. The van der Waals surface area contributed by atoms with E-state index in [0.29, 0.717) is 6.04 Å². The minimum absolute atomic E-state index is 0.633. The number of fused-ring (bicyclic) bond motifs is 1. The molecule has 0 radical (unpaired) electrons. The molecule has 4 rings (SSSR count). The Bertz CT molecular complexity index is 676. The Kier molecular flexibility index (Phi) is 5.91. The number of nitrogens with zero attached hydrogens (tertiary/aromatic N) is 2. The maximum atomic E-state index is 2.69. The van der Waals surface area contributed by atoms with Gasteiger partial charge in [-0.1, -0.05) is 48.9 Å². The van der Waals surface area contributed by atoms with Gasteiger partial charge >= 0.3 is 0 Å². The molecule has 0 saturated carbocycles. The molecule has 2 nitrogen and oxygen atoms in total. The van der Waals surface area contributed by atoms with E-state index in [1.54, 1.807) is 11.1 Å². The lowest BCUT2D eigenvalue weighted by Gasteiger charge is -2.38. The van der Waals surface area contributed by atoms with E-state index in [2.05, 4.69) is 64.4 Å². The molecule has 2 aromatic carbocycles. The molecule has 138 valence electrons. The van der Waals surface area contributed by atoms with Gasteiger partial charge in [0.05, 0.1) is 0 Å². The average molecular weight is 349 g/mol. The predicted molar refractivity (Wildman–Crippen MR) is 111 cm³/mol. The van der Waals surface area contributed by atoms with Gasteiger partial charge in [0.2, 0.25) is 0 Å². The number of piperidine rings is 1. The Morgan fingerprint density at radius 1 is 0.846 bits per heavy atom. The first kappa shape index (κ1) is 17.6. The molecule has 1 unspecified atom stereocenters. The lowest BCUT2D eigenvalue weighted by atomic mass is 9.87. The number of hydrogen-bond acceptors (Lipinski definition) is 2. The van der Waals surface area contributed by atoms with Gasteiger partial charge in [-0.25, -0.2) is 0 Å². The van der Waals surface area contributed by atoms with Crippen molar-refractivity contribution in [2.45, 2.75) is 51.0 Å². The van der Waals surface area contributed by atoms with Crippen molar-refractivity contribution in [3.63, 3.8) is 0 Å². The topological polar surface area (TPSA) is 6.48 Å². The highest BCUT2D eigenvalue weighted by Gasteiger charge is 2.24. The molecule has 2 aliphatic rings. The van der Waals surface area contributed by atoms with Gasteiger partial charge in [-0.2, -0.15) is 0 Å². The van der Waals surface area contributed by atoms with Crippen molar-refractivity contribution in [1.82, 2.24) is 4.90 Å². The fraction of sp³-hybridized carbons (Fsp3) is 0.500. The van der Waals surface area contributed by atoms with Gasteiger partial charge in [0.15, 0.2) is 0 Å². The fourth-order valence-corrected chi connectivity index (χ4v) is 4.73. The van der Waals surface area contributed by atoms with Crippen LogP contribution in [0.25, 0.3) is 0 Å². The van der Waals surface area contributed by atoms with E-state index < -0.39 is 0 Å². The van der Waals surface area contributed by atoms with Crippen LogP contribution in [0.2, 0.25) is 0 Å². The molecule has 1 aliphatic carbocycles. The summed E-state index contributed by atoms with van der Waals surface area (Å²) in [4.78, 5) is 5.36. The van der Waals surface area contributed by atoms with Crippen LogP contribution in [0.15, 0.2) is 54.6 Å². The summed E-state index contributed by atoms with van der Waals surface area (Å²) in [5, 5.41) is 0. The van der Waals surface area contributed by atoms with Gasteiger partial charge in [0, 0.05) is 18.3 Å². The van der Waals surface area contributed by atoms with E-state index in [9.17, 15) is 0 Å². The molecule has 1 aliphatic heterocycles. The number of hydrogen-bond donors (Lipinski definition) is 0. The van der Waals surface area contributed by atoms with Crippen LogP contribution in [0.3, 0.4) is 0 Å². The van der Waals surface area contributed by atoms with Gasteiger partial charge in [0.25, 0.3) is 0 Å². The Labute approximate surface area is 158 Å². The summed E-state index contributed by atoms with van der Waals surface area (Å²) >= 11 is 0. The number of para-hydroxylation sites is 1. The van der Waals surface area contributed by atoms with Crippen molar-refractivity contribution in [1.29, 1.82) is 0 Å². The third kappa shape index (κ3) is 4.29. The first-order valence-corrected chi connectivity index (χ1v) is 10.5. The Hall–Kier alpha value is -1.80. The number of benzene rings is 2. The van der Waals surface area contributed by atoms with Crippen LogP contribution in [0.4, 0.5) is 5.69 Å². The number of likely N-dealkylation sites (tertiary alicyclic amines) is 1. The molecule has 2 aromatic rings.